The number of hydrogen-bond acceptors (Lipinski definition) is 1. The molecule has 0 aromatic rings. The lowest BCUT2D eigenvalue weighted by molar-refractivity contribution is 0.147. The van der Waals surface area contributed by atoms with Crippen LogP contribution < -0.4 is 5.32 Å². The van der Waals surface area contributed by atoms with E-state index in [1.165, 1.54) is 19.3 Å². The van der Waals surface area contributed by atoms with Gasteiger partial charge in [-0.05, 0) is 37.0 Å². The molecular weight excluding hydrogens is 194 g/mol. The smallest absolute Gasteiger partial charge is 0.0688 e. The largest absolute Gasteiger partial charge is 0.301 e. The van der Waals surface area contributed by atoms with Crippen LogP contribution in [0.25, 0.3) is 0 Å². The quantitative estimate of drug-likeness (QED) is 0.715. The van der Waals surface area contributed by atoms with Crippen molar-refractivity contribution in [3.63, 3.8) is 0 Å². The van der Waals surface area contributed by atoms with E-state index in [1.807, 2.05) is 0 Å². The van der Waals surface area contributed by atoms with Gasteiger partial charge in [-0.25, -0.2) is 0 Å². The van der Waals surface area contributed by atoms with Gasteiger partial charge in [0.25, 0.3) is 0 Å². The first-order valence-electron chi connectivity index (χ1n) is 6.69. The highest BCUT2D eigenvalue weighted by Crippen LogP contribution is 2.38. The first kappa shape index (κ1) is 13.6. The summed E-state index contributed by atoms with van der Waals surface area (Å²) in [5, 5.41) is 3.66. The molecule has 0 bridgehead atoms. The predicted octanol–water partition coefficient (Wildman–Crippen LogP) is 3.59. The molecule has 0 aliphatic heterocycles. The summed E-state index contributed by atoms with van der Waals surface area (Å²) in [6, 6.07) is 0.891. The van der Waals surface area contributed by atoms with Crippen molar-refractivity contribution < 1.29 is 0 Å². The van der Waals surface area contributed by atoms with Crippen molar-refractivity contribution >= 4 is 0 Å². The summed E-state index contributed by atoms with van der Waals surface area (Å²) in [6.07, 6.45) is 11.7. The van der Waals surface area contributed by atoms with Crippen LogP contribution in [-0.2, 0) is 0 Å². The van der Waals surface area contributed by atoms with Gasteiger partial charge in [0.1, 0.15) is 0 Å². The molecule has 1 aliphatic carbocycles. The van der Waals surface area contributed by atoms with Gasteiger partial charge in [0.2, 0.25) is 0 Å². The Kier molecular flexibility index (Phi) is 4.87. The zero-order valence-electron chi connectivity index (χ0n) is 11.3. The lowest BCUT2D eigenvalue weighted by Crippen LogP contribution is -2.44. The molecule has 1 aliphatic rings. The van der Waals surface area contributed by atoms with Crippen molar-refractivity contribution in [2.24, 2.45) is 11.3 Å². The molecule has 0 radical (unpaired) electrons. The van der Waals surface area contributed by atoms with Crippen LogP contribution in [-0.4, -0.2) is 12.1 Å². The molecular formula is C15H27N. The van der Waals surface area contributed by atoms with Crippen LogP contribution in [0.15, 0.2) is 0 Å². The fourth-order valence-electron chi connectivity index (χ4n) is 3.26. The zero-order chi connectivity index (χ0) is 12.2. The second-order valence-corrected chi connectivity index (χ2v) is 6.28. The first-order chi connectivity index (χ1) is 7.46. The maximum absolute atomic E-state index is 5.57. The topological polar surface area (TPSA) is 12.0 Å². The van der Waals surface area contributed by atoms with E-state index < -0.39 is 0 Å². The van der Waals surface area contributed by atoms with Gasteiger partial charge in [-0.2, -0.15) is 0 Å². The summed E-state index contributed by atoms with van der Waals surface area (Å²) in [6.45, 7) is 9.31. The highest BCUT2D eigenvalue weighted by molar-refractivity contribution is 5.01. The molecule has 1 N–H and O–H groups in total. The predicted molar refractivity (Wildman–Crippen MR) is 71.2 cm³/mol. The average Bonchev–Trinajstić information content (AvgIpc) is 2.13. The molecule has 16 heavy (non-hydrogen) atoms. The maximum atomic E-state index is 5.57. The van der Waals surface area contributed by atoms with Gasteiger partial charge in [-0.15, -0.1) is 6.42 Å². The first-order valence-corrected chi connectivity index (χ1v) is 6.69. The molecule has 3 unspecified atom stereocenters. The molecule has 1 nitrogen and oxygen atoms in total. The molecule has 0 spiro atoms. The van der Waals surface area contributed by atoms with Crippen molar-refractivity contribution in [1.82, 2.24) is 5.32 Å². The fraction of sp³-hybridized carbons (Fsp3) is 0.867. The van der Waals surface area contributed by atoms with Gasteiger partial charge < -0.3 is 5.32 Å². The van der Waals surface area contributed by atoms with Crippen molar-refractivity contribution in [3.05, 3.63) is 0 Å². The van der Waals surface area contributed by atoms with E-state index in [2.05, 4.69) is 38.9 Å². The van der Waals surface area contributed by atoms with Gasteiger partial charge in [0, 0.05) is 6.04 Å². The monoisotopic (exact) mass is 221 g/mol. The van der Waals surface area contributed by atoms with E-state index in [1.54, 1.807) is 0 Å². The van der Waals surface area contributed by atoms with E-state index in [9.17, 15) is 0 Å². The van der Waals surface area contributed by atoms with Crippen LogP contribution in [0, 0.1) is 23.7 Å². The van der Waals surface area contributed by atoms with Crippen LogP contribution in [0.5, 0.6) is 0 Å². The van der Waals surface area contributed by atoms with E-state index >= 15 is 0 Å². The number of hydrogen-bond donors (Lipinski definition) is 1. The molecule has 92 valence electrons. The Labute approximate surface area is 101 Å². The van der Waals surface area contributed by atoms with Crippen molar-refractivity contribution in [2.45, 2.75) is 71.9 Å². The highest BCUT2D eigenvalue weighted by Gasteiger charge is 2.32. The van der Waals surface area contributed by atoms with E-state index in [-0.39, 0.29) is 6.04 Å². The fourth-order valence-corrected chi connectivity index (χ4v) is 3.26. The third-order valence-electron chi connectivity index (χ3n) is 3.60. The second-order valence-electron chi connectivity index (χ2n) is 6.28. The summed E-state index contributed by atoms with van der Waals surface area (Å²) < 4.78 is 0. The van der Waals surface area contributed by atoms with Gasteiger partial charge in [-0.3, -0.25) is 0 Å². The van der Waals surface area contributed by atoms with Crippen LogP contribution in [0.4, 0.5) is 0 Å². The van der Waals surface area contributed by atoms with E-state index in [4.69, 9.17) is 6.42 Å². The molecule has 0 aromatic heterocycles. The standard InChI is InChI=1S/C15H27N/c1-6-8-13(7-2)16-14-9-12(3)10-15(4,5)11-14/h2,12-14,16H,6,8-11H2,1,3-5H3. The van der Waals surface area contributed by atoms with Crippen LogP contribution in [0.3, 0.4) is 0 Å². The van der Waals surface area contributed by atoms with E-state index in [0.717, 1.165) is 18.8 Å². The average molecular weight is 221 g/mol. The summed E-state index contributed by atoms with van der Waals surface area (Å²) in [7, 11) is 0. The minimum atomic E-state index is 0.274. The SMILES string of the molecule is C#CC(CCC)NC1CC(C)CC(C)(C)C1. The molecule has 1 saturated carbocycles. The van der Waals surface area contributed by atoms with Crippen LogP contribution in [0.2, 0.25) is 0 Å². The zero-order valence-corrected chi connectivity index (χ0v) is 11.3. The number of nitrogens with one attached hydrogen (secondary N) is 1. The lowest BCUT2D eigenvalue weighted by Gasteiger charge is -2.40. The summed E-state index contributed by atoms with van der Waals surface area (Å²) in [4.78, 5) is 0. The van der Waals surface area contributed by atoms with Crippen LogP contribution in [0.1, 0.15) is 59.8 Å². The van der Waals surface area contributed by atoms with Gasteiger partial charge in [-0.1, -0.05) is 40.0 Å². The third kappa shape index (κ3) is 4.18. The van der Waals surface area contributed by atoms with Crippen molar-refractivity contribution in [1.29, 1.82) is 0 Å². The van der Waals surface area contributed by atoms with Crippen molar-refractivity contribution in [2.75, 3.05) is 0 Å². The van der Waals surface area contributed by atoms with Gasteiger partial charge in [0.05, 0.1) is 6.04 Å². The Morgan fingerprint density at radius 3 is 2.62 bits per heavy atom. The van der Waals surface area contributed by atoms with Crippen molar-refractivity contribution in [3.8, 4) is 12.3 Å². The molecule has 0 heterocycles. The molecule has 0 aromatic carbocycles. The summed E-state index contributed by atoms with van der Waals surface area (Å²) in [5.74, 6) is 3.70. The van der Waals surface area contributed by atoms with Crippen LogP contribution >= 0.6 is 0 Å². The molecule has 0 saturated heterocycles. The minimum absolute atomic E-state index is 0.274. The number of rotatable bonds is 4. The van der Waals surface area contributed by atoms with Gasteiger partial charge in [0.15, 0.2) is 0 Å². The molecule has 1 heteroatoms. The molecule has 1 fully saturated rings. The Morgan fingerprint density at radius 2 is 2.12 bits per heavy atom. The normalized spacial score (nSPS) is 30.7. The summed E-state index contributed by atoms with van der Waals surface area (Å²) >= 11 is 0. The maximum Gasteiger partial charge on any atom is 0.0688 e. The Morgan fingerprint density at radius 1 is 1.44 bits per heavy atom. The van der Waals surface area contributed by atoms with E-state index in [0.29, 0.717) is 11.5 Å². The summed E-state index contributed by atoms with van der Waals surface area (Å²) in [5.41, 5.74) is 0.473. The Bertz CT molecular complexity index is 249. The minimum Gasteiger partial charge on any atom is -0.301 e. The van der Waals surface area contributed by atoms with Gasteiger partial charge >= 0.3 is 0 Å². The molecule has 1 rings (SSSR count). The third-order valence-corrected chi connectivity index (χ3v) is 3.60. The Balaban J connectivity index is 2.50. The molecule has 3 atom stereocenters. The molecule has 0 amide bonds. The second kappa shape index (κ2) is 5.73. The number of terminal acetylenes is 1. The Hall–Kier alpha value is -0.480. The lowest BCUT2D eigenvalue weighted by atomic mass is 9.70. The highest BCUT2D eigenvalue weighted by atomic mass is 14.9.